The minimum Gasteiger partial charge on any atom is -0.507 e. The van der Waals surface area contributed by atoms with E-state index in [2.05, 4.69) is 0 Å². The molecule has 22 heavy (non-hydrogen) atoms. The molecule has 3 atom stereocenters. The molecule has 7 nitrogen and oxygen atoms in total. The van der Waals surface area contributed by atoms with Gasteiger partial charge in [0.2, 0.25) is 0 Å². The minimum atomic E-state index is -1.55. The smallest absolute Gasteiger partial charge is 0.306 e. The molecular weight excluding hydrogens is 292 g/mol. The first-order valence-electron chi connectivity index (χ1n) is 6.95. The van der Waals surface area contributed by atoms with E-state index in [-0.39, 0.29) is 36.5 Å². The van der Waals surface area contributed by atoms with E-state index in [4.69, 9.17) is 9.47 Å². The maximum atomic E-state index is 12.3. The molecule has 1 fully saturated rings. The van der Waals surface area contributed by atoms with Gasteiger partial charge < -0.3 is 24.8 Å². The number of cyclic esters (lactones) is 1. The van der Waals surface area contributed by atoms with Crippen LogP contribution in [0, 0.1) is 5.92 Å². The summed E-state index contributed by atoms with van der Waals surface area (Å²) in [6, 6.07) is 4.36. The number of fused-ring (bicyclic) bond motifs is 1. The first-order chi connectivity index (χ1) is 10.5. The summed E-state index contributed by atoms with van der Waals surface area (Å²) in [5.74, 6) is -1.51. The second-order valence-corrected chi connectivity index (χ2v) is 5.67. The van der Waals surface area contributed by atoms with Crippen LogP contribution in [0.3, 0.4) is 0 Å². The number of aliphatic hydroxyl groups is 2. The number of ether oxygens (including phenoxy) is 2. The number of Topliss-reactive ketones (excluding diaryl/α,β-unsaturated/α-hetero) is 1. The quantitative estimate of drug-likeness (QED) is 0.674. The third-order valence-corrected chi connectivity index (χ3v) is 4.20. The SMILES string of the molecule is O=C1C[C@@H]([C@H](O)[C@@]2(CO)CC(=O)c3c(O)cccc3O2)CO1. The summed E-state index contributed by atoms with van der Waals surface area (Å²) < 4.78 is 10.5. The second-order valence-electron chi connectivity index (χ2n) is 5.67. The standard InChI is InChI=1S/C15H16O7/c16-7-15(14(20)8-4-12(19)21-6-8)5-10(18)13-9(17)2-1-3-11(13)22-15/h1-3,8,14,16-17,20H,4-7H2/t8-,14+,15+/m1/s1. The molecule has 1 aromatic rings. The lowest BCUT2D eigenvalue weighted by atomic mass is 9.80. The first-order valence-corrected chi connectivity index (χ1v) is 6.95. The molecule has 3 rings (SSSR count). The lowest BCUT2D eigenvalue weighted by Gasteiger charge is -2.41. The van der Waals surface area contributed by atoms with Crippen LogP contribution in [0.25, 0.3) is 0 Å². The number of ketones is 1. The van der Waals surface area contributed by atoms with Gasteiger partial charge in [-0.2, -0.15) is 0 Å². The minimum absolute atomic E-state index is 0.00731. The summed E-state index contributed by atoms with van der Waals surface area (Å²) in [6.45, 7) is -0.577. The van der Waals surface area contributed by atoms with Gasteiger partial charge in [-0.3, -0.25) is 9.59 Å². The van der Waals surface area contributed by atoms with Crippen molar-refractivity contribution in [3.8, 4) is 11.5 Å². The van der Waals surface area contributed by atoms with Crippen LogP contribution in [0.15, 0.2) is 18.2 Å². The van der Waals surface area contributed by atoms with Gasteiger partial charge in [0.1, 0.15) is 23.2 Å². The molecule has 0 bridgehead atoms. The van der Waals surface area contributed by atoms with E-state index in [1.54, 1.807) is 0 Å². The highest BCUT2D eigenvalue weighted by Gasteiger charge is 2.51. The van der Waals surface area contributed by atoms with Gasteiger partial charge >= 0.3 is 5.97 Å². The van der Waals surface area contributed by atoms with Gasteiger partial charge in [-0.1, -0.05) is 6.07 Å². The fourth-order valence-electron chi connectivity index (χ4n) is 3.01. The zero-order valence-electron chi connectivity index (χ0n) is 11.7. The Morgan fingerprint density at radius 3 is 2.77 bits per heavy atom. The summed E-state index contributed by atoms with van der Waals surface area (Å²) in [5, 5.41) is 30.0. The molecule has 0 saturated carbocycles. The molecule has 0 amide bonds. The summed E-state index contributed by atoms with van der Waals surface area (Å²) in [6.07, 6.45) is -1.53. The fraction of sp³-hybridized carbons (Fsp3) is 0.467. The second kappa shape index (κ2) is 5.26. The predicted octanol–water partition coefficient (Wildman–Crippen LogP) is 0.0125. The summed E-state index contributed by atoms with van der Waals surface area (Å²) in [4.78, 5) is 23.5. The van der Waals surface area contributed by atoms with Crippen LogP contribution in [0.5, 0.6) is 11.5 Å². The highest BCUT2D eigenvalue weighted by atomic mass is 16.5. The lowest BCUT2D eigenvalue weighted by Crippen LogP contribution is -2.57. The zero-order chi connectivity index (χ0) is 15.9. The third kappa shape index (κ3) is 2.22. The van der Waals surface area contributed by atoms with Crippen molar-refractivity contribution in [2.24, 2.45) is 5.92 Å². The molecule has 2 heterocycles. The maximum absolute atomic E-state index is 12.3. The number of esters is 1. The van der Waals surface area contributed by atoms with Gasteiger partial charge in [0.15, 0.2) is 11.4 Å². The molecule has 7 heteroatoms. The van der Waals surface area contributed by atoms with Crippen LogP contribution in [-0.2, 0) is 9.53 Å². The normalized spacial score (nSPS) is 28.7. The van der Waals surface area contributed by atoms with Crippen LogP contribution >= 0.6 is 0 Å². The monoisotopic (exact) mass is 308 g/mol. The van der Waals surface area contributed by atoms with Crippen LogP contribution in [0.4, 0.5) is 0 Å². The topological polar surface area (TPSA) is 113 Å². The number of phenolic OH excluding ortho intramolecular Hbond substituents is 1. The number of benzene rings is 1. The Morgan fingerprint density at radius 1 is 1.36 bits per heavy atom. The van der Waals surface area contributed by atoms with Crippen molar-refractivity contribution < 1.29 is 34.4 Å². The Kier molecular flexibility index (Phi) is 3.54. The Morgan fingerprint density at radius 2 is 2.14 bits per heavy atom. The van der Waals surface area contributed by atoms with E-state index < -0.39 is 36.0 Å². The highest BCUT2D eigenvalue weighted by molar-refractivity contribution is 6.02. The van der Waals surface area contributed by atoms with Crippen molar-refractivity contribution in [2.45, 2.75) is 24.5 Å². The molecule has 0 unspecified atom stereocenters. The van der Waals surface area contributed by atoms with Crippen molar-refractivity contribution in [1.82, 2.24) is 0 Å². The van der Waals surface area contributed by atoms with E-state index in [1.165, 1.54) is 18.2 Å². The van der Waals surface area contributed by atoms with Crippen LogP contribution in [0.1, 0.15) is 23.2 Å². The van der Waals surface area contributed by atoms with E-state index >= 15 is 0 Å². The maximum Gasteiger partial charge on any atom is 0.306 e. The Balaban J connectivity index is 1.94. The van der Waals surface area contributed by atoms with Crippen molar-refractivity contribution in [3.63, 3.8) is 0 Å². The molecular formula is C15H16O7. The summed E-state index contributed by atoms with van der Waals surface area (Å²) in [5.41, 5.74) is -1.51. The van der Waals surface area contributed by atoms with Gasteiger partial charge in [0.25, 0.3) is 0 Å². The number of hydrogen-bond donors (Lipinski definition) is 3. The van der Waals surface area contributed by atoms with Gasteiger partial charge in [0, 0.05) is 5.92 Å². The van der Waals surface area contributed by atoms with E-state index in [9.17, 15) is 24.9 Å². The van der Waals surface area contributed by atoms with Crippen molar-refractivity contribution in [3.05, 3.63) is 23.8 Å². The largest absolute Gasteiger partial charge is 0.507 e. The molecule has 3 N–H and O–H groups in total. The summed E-state index contributed by atoms with van der Waals surface area (Å²) >= 11 is 0. The van der Waals surface area contributed by atoms with E-state index in [0.29, 0.717) is 0 Å². The van der Waals surface area contributed by atoms with E-state index in [0.717, 1.165) is 0 Å². The number of aromatic hydroxyl groups is 1. The number of rotatable bonds is 3. The highest BCUT2D eigenvalue weighted by Crippen LogP contribution is 2.41. The number of carbonyl (C=O) groups excluding carboxylic acids is 2. The van der Waals surface area contributed by atoms with Gasteiger partial charge in [0.05, 0.1) is 26.1 Å². The molecule has 0 aliphatic carbocycles. The Labute approximate surface area is 126 Å². The van der Waals surface area contributed by atoms with Gasteiger partial charge in [-0.05, 0) is 12.1 Å². The number of phenols is 1. The number of carbonyl (C=O) groups is 2. The van der Waals surface area contributed by atoms with Crippen molar-refractivity contribution in [1.29, 1.82) is 0 Å². The summed E-state index contributed by atoms with van der Waals surface area (Å²) in [7, 11) is 0. The average molecular weight is 308 g/mol. The average Bonchev–Trinajstić information content (AvgIpc) is 2.92. The molecule has 2 aliphatic heterocycles. The molecule has 0 spiro atoms. The van der Waals surface area contributed by atoms with Crippen LogP contribution < -0.4 is 4.74 Å². The zero-order valence-corrected chi connectivity index (χ0v) is 11.7. The molecule has 1 saturated heterocycles. The van der Waals surface area contributed by atoms with Gasteiger partial charge in [-0.15, -0.1) is 0 Å². The van der Waals surface area contributed by atoms with E-state index in [1.807, 2.05) is 0 Å². The van der Waals surface area contributed by atoms with Crippen LogP contribution in [-0.4, -0.2) is 52.0 Å². The molecule has 1 aromatic carbocycles. The Bertz CT molecular complexity index is 626. The molecule has 0 radical (unpaired) electrons. The molecule has 2 aliphatic rings. The third-order valence-electron chi connectivity index (χ3n) is 4.20. The van der Waals surface area contributed by atoms with Crippen LogP contribution in [0.2, 0.25) is 0 Å². The fourth-order valence-corrected chi connectivity index (χ4v) is 3.01. The predicted molar refractivity (Wildman–Crippen MR) is 72.6 cm³/mol. The number of hydrogen-bond acceptors (Lipinski definition) is 7. The molecule has 0 aromatic heterocycles. The first kappa shape index (κ1) is 14.8. The Hall–Kier alpha value is -2.12. The van der Waals surface area contributed by atoms with Crippen molar-refractivity contribution >= 4 is 11.8 Å². The van der Waals surface area contributed by atoms with Crippen molar-refractivity contribution in [2.75, 3.05) is 13.2 Å². The number of aliphatic hydroxyl groups excluding tert-OH is 2. The lowest BCUT2D eigenvalue weighted by molar-refractivity contribution is -0.137. The van der Waals surface area contributed by atoms with Gasteiger partial charge in [-0.25, -0.2) is 0 Å². The molecule has 118 valence electrons.